The van der Waals surface area contributed by atoms with Crippen molar-refractivity contribution in [3.05, 3.63) is 35.9 Å². The Kier molecular flexibility index (Phi) is 9.82. The van der Waals surface area contributed by atoms with Gasteiger partial charge in [-0.25, -0.2) is 0 Å². The molecule has 1 rings (SSSR count). The molecule has 0 aliphatic heterocycles. The fourth-order valence-corrected chi connectivity index (χ4v) is 5.15. The second kappa shape index (κ2) is 10.9. The summed E-state index contributed by atoms with van der Waals surface area (Å²) in [5.74, 6) is -1.05. The van der Waals surface area contributed by atoms with E-state index in [0.717, 1.165) is 5.56 Å². The summed E-state index contributed by atoms with van der Waals surface area (Å²) in [6.45, 7) is 23.1. The molecule has 5 nitrogen and oxygen atoms in total. The minimum atomic E-state index is -2.36. The van der Waals surface area contributed by atoms with Crippen molar-refractivity contribution < 1.29 is 23.2 Å². The van der Waals surface area contributed by atoms with E-state index in [0.29, 0.717) is 6.61 Å². The average molecular weight is 481 g/mol. The Morgan fingerprint density at radius 3 is 1.75 bits per heavy atom. The maximum absolute atomic E-state index is 13.1. The van der Waals surface area contributed by atoms with Gasteiger partial charge in [0.15, 0.2) is 22.4 Å². The molecule has 0 saturated heterocycles. The summed E-state index contributed by atoms with van der Waals surface area (Å²) in [7, 11) is -4.63. The van der Waals surface area contributed by atoms with Crippen LogP contribution in [-0.2, 0) is 29.8 Å². The van der Waals surface area contributed by atoms with Crippen molar-refractivity contribution in [2.75, 3.05) is 6.61 Å². The van der Waals surface area contributed by atoms with Crippen LogP contribution in [0.1, 0.15) is 54.0 Å². The first kappa shape index (κ1) is 28.9. The predicted molar refractivity (Wildman–Crippen MR) is 136 cm³/mol. The zero-order chi connectivity index (χ0) is 25.0. The lowest BCUT2D eigenvalue weighted by Gasteiger charge is -2.44. The van der Waals surface area contributed by atoms with Gasteiger partial charge >= 0.3 is 0 Å². The molecule has 0 bridgehead atoms. The predicted octanol–water partition coefficient (Wildman–Crippen LogP) is 6.14. The molecule has 0 radical (unpaired) electrons. The fraction of sp³-hybridized carbons (Fsp3) is 0.680. The van der Waals surface area contributed by atoms with E-state index in [-0.39, 0.29) is 16.7 Å². The molecule has 0 N–H and O–H groups in total. The minimum absolute atomic E-state index is 0.0640. The van der Waals surface area contributed by atoms with Crippen molar-refractivity contribution in [3.63, 3.8) is 0 Å². The van der Waals surface area contributed by atoms with Gasteiger partial charge in [-0.1, -0.05) is 71.9 Å². The van der Waals surface area contributed by atoms with E-state index in [1.165, 1.54) is 6.92 Å². The standard InChI is InChI=1S/C25H44O5Si2/c1-19(26)22(27)23(30-32(10,11)25(5,6)7)21(29-31(8,9)24(2,3)4)18-28-17-20-15-13-12-14-16-20/h12-16,21,23H,17-18H2,1-11H3/t21-,23+/m1/s1. The molecule has 0 amide bonds. The molecule has 0 fully saturated rings. The number of hydrogen-bond donors (Lipinski definition) is 0. The molecule has 1 aromatic carbocycles. The summed E-state index contributed by atoms with van der Waals surface area (Å²) in [4.78, 5) is 25.3. The monoisotopic (exact) mass is 480 g/mol. The topological polar surface area (TPSA) is 61.8 Å². The summed E-state index contributed by atoms with van der Waals surface area (Å²) in [6.07, 6.45) is -1.62. The third-order valence-corrected chi connectivity index (χ3v) is 15.8. The van der Waals surface area contributed by atoms with Crippen molar-refractivity contribution >= 4 is 28.2 Å². The molecule has 0 aliphatic carbocycles. The number of carbonyl (C=O) groups excluding carboxylic acids is 2. The minimum Gasteiger partial charge on any atom is -0.408 e. The normalized spacial score (nSPS) is 15.3. The van der Waals surface area contributed by atoms with E-state index in [4.69, 9.17) is 13.6 Å². The molecule has 7 heteroatoms. The van der Waals surface area contributed by atoms with Gasteiger partial charge in [0.1, 0.15) is 12.2 Å². The number of hydrogen-bond acceptors (Lipinski definition) is 5. The van der Waals surface area contributed by atoms with Gasteiger partial charge in [-0.05, 0) is 41.8 Å². The molecule has 0 unspecified atom stereocenters. The van der Waals surface area contributed by atoms with Crippen LogP contribution in [0.15, 0.2) is 30.3 Å². The van der Waals surface area contributed by atoms with E-state index in [1.54, 1.807) is 0 Å². The van der Waals surface area contributed by atoms with E-state index in [9.17, 15) is 9.59 Å². The summed E-state index contributed by atoms with van der Waals surface area (Å²) in [5.41, 5.74) is 1.04. The van der Waals surface area contributed by atoms with Gasteiger partial charge < -0.3 is 13.6 Å². The molecule has 0 saturated carbocycles. The molecule has 1 aromatic rings. The quantitative estimate of drug-likeness (QED) is 0.281. The Labute approximate surface area is 197 Å². The number of rotatable bonds is 11. The Balaban J connectivity index is 3.28. The molecule has 0 aliphatic rings. The first-order chi connectivity index (χ1) is 14.4. The van der Waals surface area contributed by atoms with E-state index < -0.39 is 40.4 Å². The Hall–Kier alpha value is -1.13. The number of benzene rings is 1. The Morgan fingerprint density at radius 1 is 0.844 bits per heavy atom. The lowest BCUT2D eigenvalue weighted by molar-refractivity contribution is -0.144. The SMILES string of the molecule is CC(=O)C(=O)[C@@H](O[Si](C)(C)C(C)(C)C)[C@@H](COCc1ccccc1)O[Si](C)(C)C(C)(C)C. The van der Waals surface area contributed by atoms with Crippen molar-refractivity contribution in [3.8, 4) is 0 Å². The molecular weight excluding hydrogens is 436 g/mol. The average Bonchev–Trinajstić information content (AvgIpc) is 2.63. The van der Waals surface area contributed by atoms with Crippen LogP contribution in [0.4, 0.5) is 0 Å². The van der Waals surface area contributed by atoms with Gasteiger partial charge in [0, 0.05) is 6.92 Å². The smallest absolute Gasteiger partial charge is 0.228 e. The van der Waals surface area contributed by atoms with Crippen LogP contribution in [-0.4, -0.2) is 47.0 Å². The van der Waals surface area contributed by atoms with Crippen LogP contribution in [0, 0.1) is 0 Å². The van der Waals surface area contributed by atoms with Gasteiger partial charge in [0.25, 0.3) is 0 Å². The van der Waals surface area contributed by atoms with Crippen molar-refractivity contribution in [2.24, 2.45) is 0 Å². The number of ether oxygens (including phenoxy) is 1. The highest BCUT2D eigenvalue weighted by Gasteiger charge is 2.47. The largest absolute Gasteiger partial charge is 0.408 e. The third kappa shape index (κ3) is 8.02. The molecule has 32 heavy (non-hydrogen) atoms. The molecular formula is C25H44O5Si2. The highest BCUT2D eigenvalue weighted by Crippen LogP contribution is 2.40. The van der Waals surface area contributed by atoms with E-state index in [1.807, 2.05) is 30.3 Å². The van der Waals surface area contributed by atoms with Crippen molar-refractivity contribution in [1.82, 2.24) is 0 Å². The molecule has 0 spiro atoms. The van der Waals surface area contributed by atoms with E-state index in [2.05, 4.69) is 67.7 Å². The maximum Gasteiger partial charge on any atom is 0.228 e. The Morgan fingerprint density at radius 2 is 1.31 bits per heavy atom. The number of ketones is 2. The molecule has 0 aromatic heterocycles. The fourth-order valence-electron chi connectivity index (χ4n) is 2.60. The van der Waals surface area contributed by atoms with Gasteiger partial charge in [-0.15, -0.1) is 0 Å². The summed E-state index contributed by atoms with van der Waals surface area (Å²) >= 11 is 0. The van der Waals surface area contributed by atoms with Crippen LogP contribution in [0.2, 0.25) is 36.3 Å². The third-order valence-electron chi connectivity index (χ3n) is 6.82. The highest BCUT2D eigenvalue weighted by atomic mass is 28.4. The Bertz CT molecular complexity index is 761. The van der Waals surface area contributed by atoms with Gasteiger partial charge in [-0.2, -0.15) is 0 Å². The molecule has 0 heterocycles. The maximum atomic E-state index is 13.1. The van der Waals surface area contributed by atoms with Gasteiger partial charge in [0.2, 0.25) is 5.78 Å². The molecule has 182 valence electrons. The summed E-state index contributed by atoms with van der Waals surface area (Å²) in [5, 5.41) is -0.180. The second-order valence-electron chi connectivity index (χ2n) is 11.6. The van der Waals surface area contributed by atoms with Crippen LogP contribution >= 0.6 is 0 Å². The van der Waals surface area contributed by atoms with Crippen molar-refractivity contribution in [1.29, 1.82) is 0 Å². The zero-order valence-corrected chi connectivity index (χ0v) is 24.0. The summed E-state index contributed by atoms with van der Waals surface area (Å²) < 4.78 is 19.2. The van der Waals surface area contributed by atoms with Crippen LogP contribution in [0.25, 0.3) is 0 Å². The van der Waals surface area contributed by atoms with Gasteiger partial charge in [-0.3, -0.25) is 9.59 Å². The van der Waals surface area contributed by atoms with Crippen molar-refractivity contribution in [2.45, 2.75) is 104 Å². The first-order valence-electron chi connectivity index (χ1n) is 11.4. The van der Waals surface area contributed by atoms with Crippen LogP contribution in [0.3, 0.4) is 0 Å². The van der Waals surface area contributed by atoms with Crippen LogP contribution < -0.4 is 0 Å². The summed E-state index contributed by atoms with van der Waals surface area (Å²) in [6, 6.07) is 9.87. The first-order valence-corrected chi connectivity index (χ1v) is 17.2. The zero-order valence-electron chi connectivity index (χ0n) is 22.0. The lowest BCUT2D eigenvalue weighted by Crippen LogP contribution is -2.56. The van der Waals surface area contributed by atoms with E-state index >= 15 is 0 Å². The van der Waals surface area contributed by atoms with Crippen LogP contribution in [0.5, 0.6) is 0 Å². The lowest BCUT2D eigenvalue weighted by atomic mass is 10.1. The number of Topliss-reactive ketones (excluding diaryl/α,β-unsaturated/α-hetero) is 2. The van der Waals surface area contributed by atoms with Gasteiger partial charge in [0.05, 0.1) is 13.2 Å². The second-order valence-corrected chi connectivity index (χ2v) is 21.1. The highest BCUT2D eigenvalue weighted by molar-refractivity contribution is 6.75. The molecule has 2 atom stereocenters. The number of carbonyl (C=O) groups is 2.